The molecule has 0 fully saturated rings. The van der Waals surface area contributed by atoms with E-state index in [0.29, 0.717) is 12.1 Å². The zero-order valence-electron chi connectivity index (χ0n) is 8.56. The van der Waals surface area contributed by atoms with Crippen LogP contribution >= 0.6 is 0 Å². The maximum atomic E-state index is 13.4. The van der Waals surface area contributed by atoms with E-state index in [1.54, 1.807) is 21.1 Å². The van der Waals surface area contributed by atoms with E-state index in [-0.39, 0.29) is 5.69 Å². The van der Waals surface area contributed by atoms with Gasteiger partial charge in [0, 0.05) is 20.6 Å². The van der Waals surface area contributed by atoms with Crippen LogP contribution in [-0.4, -0.2) is 21.1 Å². The molecular formula is C10H14F2N2. The fourth-order valence-electron chi connectivity index (χ4n) is 1.35. The van der Waals surface area contributed by atoms with Crippen molar-refractivity contribution in [3.05, 3.63) is 29.3 Å². The fourth-order valence-corrected chi connectivity index (χ4v) is 1.35. The minimum atomic E-state index is -0.528. The second kappa shape index (κ2) is 4.37. The Morgan fingerprint density at radius 3 is 2.07 bits per heavy atom. The Balaban J connectivity index is 3.11. The SMILES string of the molecule is CNCc1cc(F)c(N(C)C)c(F)c1. The van der Waals surface area contributed by atoms with Gasteiger partial charge >= 0.3 is 0 Å². The molecule has 0 heterocycles. The number of anilines is 1. The van der Waals surface area contributed by atoms with Crippen molar-refractivity contribution in [2.24, 2.45) is 0 Å². The number of nitrogens with one attached hydrogen (secondary N) is 1. The number of nitrogens with zero attached hydrogens (tertiary/aromatic N) is 1. The zero-order chi connectivity index (χ0) is 10.7. The molecule has 0 unspecified atom stereocenters. The molecule has 78 valence electrons. The van der Waals surface area contributed by atoms with E-state index in [0.717, 1.165) is 0 Å². The molecule has 0 aromatic heterocycles. The van der Waals surface area contributed by atoms with E-state index in [1.165, 1.54) is 17.0 Å². The molecule has 1 rings (SSSR count). The van der Waals surface area contributed by atoms with Gasteiger partial charge in [0.2, 0.25) is 0 Å². The number of rotatable bonds is 3. The molecule has 1 aromatic rings. The largest absolute Gasteiger partial charge is 0.373 e. The highest BCUT2D eigenvalue weighted by molar-refractivity contribution is 5.49. The van der Waals surface area contributed by atoms with Crippen LogP contribution in [0.3, 0.4) is 0 Å². The highest BCUT2D eigenvalue weighted by Gasteiger charge is 2.12. The minimum absolute atomic E-state index is 0.00449. The van der Waals surface area contributed by atoms with Crippen molar-refractivity contribution in [3.63, 3.8) is 0 Å². The molecule has 4 heteroatoms. The van der Waals surface area contributed by atoms with Gasteiger partial charge in [-0.1, -0.05) is 0 Å². The second-order valence-electron chi connectivity index (χ2n) is 3.33. The lowest BCUT2D eigenvalue weighted by Crippen LogP contribution is -2.14. The van der Waals surface area contributed by atoms with Crippen LogP contribution in [0.15, 0.2) is 12.1 Å². The summed E-state index contributed by atoms with van der Waals surface area (Å²) in [6.07, 6.45) is 0. The molecule has 0 spiro atoms. The number of benzene rings is 1. The summed E-state index contributed by atoms with van der Waals surface area (Å²) in [6, 6.07) is 2.68. The molecule has 0 aliphatic heterocycles. The minimum Gasteiger partial charge on any atom is -0.373 e. The average molecular weight is 200 g/mol. The number of hydrogen-bond acceptors (Lipinski definition) is 2. The van der Waals surface area contributed by atoms with Crippen molar-refractivity contribution >= 4 is 5.69 Å². The summed E-state index contributed by atoms with van der Waals surface area (Å²) >= 11 is 0. The van der Waals surface area contributed by atoms with E-state index >= 15 is 0 Å². The first kappa shape index (κ1) is 10.9. The van der Waals surface area contributed by atoms with Crippen molar-refractivity contribution in [3.8, 4) is 0 Å². The van der Waals surface area contributed by atoms with Gasteiger partial charge in [0.05, 0.1) is 0 Å². The number of hydrogen-bond donors (Lipinski definition) is 1. The first-order valence-electron chi connectivity index (χ1n) is 4.36. The topological polar surface area (TPSA) is 15.3 Å². The Labute approximate surface area is 82.5 Å². The van der Waals surface area contributed by atoms with E-state index in [1.807, 2.05) is 0 Å². The summed E-state index contributed by atoms with van der Waals surface area (Å²) in [5, 5.41) is 2.84. The highest BCUT2D eigenvalue weighted by atomic mass is 19.1. The Morgan fingerprint density at radius 2 is 1.71 bits per heavy atom. The first-order chi connectivity index (χ1) is 6.56. The van der Waals surface area contributed by atoms with Gasteiger partial charge in [0.15, 0.2) is 0 Å². The molecule has 2 nitrogen and oxygen atoms in total. The molecule has 0 bridgehead atoms. The van der Waals surface area contributed by atoms with Crippen molar-refractivity contribution in [1.82, 2.24) is 5.32 Å². The molecule has 1 aromatic carbocycles. The Hall–Kier alpha value is -1.16. The molecule has 0 aliphatic rings. The van der Waals surface area contributed by atoms with Gasteiger partial charge in [0.25, 0.3) is 0 Å². The quantitative estimate of drug-likeness (QED) is 0.799. The smallest absolute Gasteiger partial charge is 0.149 e. The zero-order valence-corrected chi connectivity index (χ0v) is 8.56. The van der Waals surface area contributed by atoms with E-state index < -0.39 is 11.6 Å². The van der Waals surface area contributed by atoms with Crippen LogP contribution in [0, 0.1) is 11.6 Å². The molecule has 0 saturated carbocycles. The predicted octanol–water partition coefficient (Wildman–Crippen LogP) is 1.75. The Kier molecular flexibility index (Phi) is 3.41. The third-order valence-corrected chi connectivity index (χ3v) is 1.90. The van der Waals surface area contributed by atoms with Crippen LogP contribution < -0.4 is 10.2 Å². The van der Waals surface area contributed by atoms with Crippen molar-refractivity contribution in [1.29, 1.82) is 0 Å². The summed E-state index contributed by atoms with van der Waals surface area (Å²) in [5.74, 6) is -1.06. The Morgan fingerprint density at radius 1 is 1.21 bits per heavy atom. The third-order valence-electron chi connectivity index (χ3n) is 1.90. The van der Waals surface area contributed by atoms with Gasteiger partial charge in [0.1, 0.15) is 17.3 Å². The van der Waals surface area contributed by atoms with Gasteiger partial charge in [-0.2, -0.15) is 0 Å². The summed E-state index contributed by atoms with van der Waals surface area (Å²) in [6.45, 7) is 0.460. The van der Waals surface area contributed by atoms with Gasteiger partial charge in [-0.25, -0.2) is 8.78 Å². The first-order valence-corrected chi connectivity index (χ1v) is 4.36. The van der Waals surface area contributed by atoms with Crippen LogP contribution in [-0.2, 0) is 6.54 Å². The van der Waals surface area contributed by atoms with Gasteiger partial charge in [-0.3, -0.25) is 0 Å². The molecule has 14 heavy (non-hydrogen) atoms. The molecule has 0 amide bonds. The summed E-state index contributed by atoms with van der Waals surface area (Å²) in [4.78, 5) is 1.42. The maximum Gasteiger partial charge on any atom is 0.149 e. The Bertz CT molecular complexity index is 301. The summed E-state index contributed by atoms with van der Waals surface area (Å²) < 4.78 is 26.8. The predicted molar refractivity (Wildman–Crippen MR) is 53.4 cm³/mol. The maximum absolute atomic E-state index is 13.4. The monoisotopic (exact) mass is 200 g/mol. The van der Waals surface area contributed by atoms with Gasteiger partial charge in [-0.05, 0) is 24.7 Å². The van der Waals surface area contributed by atoms with Crippen LogP contribution in [0.5, 0.6) is 0 Å². The lowest BCUT2D eigenvalue weighted by atomic mass is 10.1. The second-order valence-corrected chi connectivity index (χ2v) is 3.33. The van der Waals surface area contributed by atoms with Crippen LogP contribution in [0.2, 0.25) is 0 Å². The van der Waals surface area contributed by atoms with E-state index in [4.69, 9.17) is 0 Å². The van der Waals surface area contributed by atoms with Gasteiger partial charge in [-0.15, -0.1) is 0 Å². The molecular weight excluding hydrogens is 186 g/mol. The highest BCUT2D eigenvalue weighted by Crippen LogP contribution is 2.22. The standard InChI is InChI=1S/C10H14F2N2/c1-13-6-7-4-8(11)10(14(2)3)9(12)5-7/h4-5,13H,6H2,1-3H3. The average Bonchev–Trinajstić information content (AvgIpc) is 2.01. The molecule has 0 radical (unpaired) electrons. The van der Waals surface area contributed by atoms with Gasteiger partial charge < -0.3 is 10.2 Å². The summed E-state index contributed by atoms with van der Waals surface area (Å²) in [7, 11) is 4.95. The van der Waals surface area contributed by atoms with Crippen LogP contribution in [0.25, 0.3) is 0 Å². The van der Waals surface area contributed by atoms with Crippen LogP contribution in [0.4, 0.5) is 14.5 Å². The fraction of sp³-hybridized carbons (Fsp3) is 0.400. The van der Waals surface area contributed by atoms with E-state index in [9.17, 15) is 8.78 Å². The van der Waals surface area contributed by atoms with Crippen molar-refractivity contribution in [2.75, 3.05) is 26.0 Å². The molecule has 0 saturated heterocycles. The number of halogens is 2. The third kappa shape index (κ3) is 2.20. The lowest BCUT2D eigenvalue weighted by molar-refractivity contribution is 0.576. The van der Waals surface area contributed by atoms with Crippen molar-refractivity contribution in [2.45, 2.75) is 6.54 Å². The van der Waals surface area contributed by atoms with Crippen LogP contribution in [0.1, 0.15) is 5.56 Å². The summed E-state index contributed by atoms with van der Waals surface area (Å²) in [5.41, 5.74) is 0.609. The van der Waals surface area contributed by atoms with Crippen molar-refractivity contribution < 1.29 is 8.78 Å². The normalized spacial score (nSPS) is 10.4. The lowest BCUT2D eigenvalue weighted by Gasteiger charge is -2.15. The van der Waals surface area contributed by atoms with E-state index in [2.05, 4.69) is 5.32 Å². The molecule has 1 N–H and O–H groups in total. The molecule has 0 atom stereocenters. The molecule has 0 aliphatic carbocycles.